The first kappa shape index (κ1) is 13.5. The van der Waals surface area contributed by atoms with E-state index in [1.165, 1.54) is 12.8 Å². The molecule has 16 heavy (non-hydrogen) atoms. The minimum atomic E-state index is -0.0235. The van der Waals surface area contributed by atoms with Crippen LogP contribution in [0.5, 0.6) is 0 Å². The summed E-state index contributed by atoms with van der Waals surface area (Å²) in [6.45, 7) is 0.152. The predicted molar refractivity (Wildman–Crippen MR) is 73.9 cm³/mol. The molecule has 0 radical (unpaired) electrons. The fourth-order valence-corrected chi connectivity index (χ4v) is 1.41. The molecule has 0 atom stereocenters. The summed E-state index contributed by atoms with van der Waals surface area (Å²) in [6, 6.07) is 0.940. The molecule has 2 fully saturated rings. The monoisotopic (exact) mass is 338 g/mol. The van der Waals surface area contributed by atoms with Crippen LogP contribution in [0.25, 0.3) is 0 Å². The molecule has 3 N–H and O–H groups in total. The molecular formula is C10H19IN4O. The summed E-state index contributed by atoms with van der Waals surface area (Å²) in [4.78, 5) is 17.3. The molecule has 2 aliphatic rings. The van der Waals surface area contributed by atoms with Crippen molar-refractivity contribution >= 4 is 35.8 Å². The fourth-order valence-electron chi connectivity index (χ4n) is 1.41. The van der Waals surface area contributed by atoms with Gasteiger partial charge in [0.1, 0.15) is 6.54 Å². The molecule has 0 aliphatic heterocycles. The summed E-state index contributed by atoms with van der Waals surface area (Å²) in [5, 5.41) is 2.87. The Kier molecular flexibility index (Phi) is 4.82. The summed E-state index contributed by atoms with van der Waals surface area (Å²) in [5.41, 5.74) is 5.75. The highest BCUT2D eigenvalue weighted by atomic mass is 127. The topological polar surface area (TPSA) is 70.7 Å². The van der Waals surface area contributed by atoms with Gasteiger partial charge < -0.3 is 16.0 Å². The van der Waals surface area contributed by atoms with E-state index in [0.717, 1.165) is 12.8 Å². The molecule has 0 unspecified atom stereocenters. The maximum Gasteiger partial charge on any atom is 0.242 e. The quantitative estimate of drug-likeness (QED) is 0.440. The van der Waals surface area contributed by atoms with E-state index in [4.69, 9.17) is 5.73 Å². The van der Waals surface area contributed by atoms with Gasteiger partial charge in [0.2, 0.25) is 5.91 Å². The van der Waals surface area contributed by atoms with E-state index in [9.17, 15) is 4.79 Å². The SMILES string of the molecule is CN(C(N)=NCC(=O)NC1CC1)C1CC1.I. The maximum atomic E-state index is 11.3. The van der Waals surface area contributed by atoms with Gasteiger partial charge in [0.15, 0.2) is 5.96 Å². The number of carbonyl (C=O) groups is 1. The number of hydrogen-bond donors (Lipinski definition) is 2. The second-order valence-electron chi connectivity index (χ2n) is 4.36. The lowest BCUT2D eigenvalue weighted by molar-refractivity contribution is -0.119. The van der Waals surface area contributed by atoms with Gasteiger partial charge in [-0.3, -0.25) is 4.79 Å². The number of hydrogen-bond acceptors (Lipinski definition) is 2. The minimum Gasteiger partial charge on any atom is -0.370 e. The first-order chi connectivity index (χ1) is 7.16. The zero-order valence-electron chi connectivity index (χ0n) is 9.48. The standard InChI is InChI=1S/C10H18N4O.HI/c1-14(8-4-5-8)10(11)12-6-9(15)13-7-2-3-7;/h7-8H,2-6H2,1H3,(H2,11,12)(H,13,15);1H. The van der Waals surface area contributed by atoms with Gasteiger partial charge in [0.05, 0.1) is 0 Å². The molecule has 0 aromatic carbocycles. The lowest BCUT2D eigenvalue weighted by Gasteiger charge is -2.16. The van der Waals surface area contributed by atoms with E-state index < -0.39 is 0 Å². The molecular weight excluding hydrogens is 319 g/mol. The van der Waals surface area contributed by atoms with Crippen LogP contribution in [0.3, 0.4) is 0 Å². The van der Waals surface area contributed by atoms with Crippen molar-refractivity contribution in [2.45, 2.75) is 37.8 Å². The average molecular weight is 338 g/mol. The fraction of sp³-hybridized carbons (Fsp3) is 0.800. The summed E-state index contributed by atoms with van der Waals surface area (Å²) >= 11 is 0. The third-order valence-corrected chi connectivity index (χ3v) is 2.78. The Morgan fingerprint density at radius 2 is 2.06 bits per heavy atom. The van der Waals surface area contributed by atoms with Crippen LogP contribution in [0.15, 0.2) is 4.99 Å². The van der Waals surface area contributed by atoms with Crippen LogP contribution in [0.2, 0.25) is 0 Å². The number of rotatable bonds is 4. The van der Waals surface area contributed by atoms with Crippen molar-refractivity contribution in [1.82, 2.24) is 10.2 Å². The molecule has 0 spiro atoms. The van der Waals surface area contributed by atoms with Crippen LogP contribution < -0.4 is 11.1 Å². The van der Waals surface area contributed by atoms with E-state index in [1.807, 2.05) is 11.9 Å². The molecule has 0 aromatic rings. The van der Waals surface area contributed by atoms with Gasteiger partial charge in [-0.15, -0.1) is 24.0 Å². The molecule has 2 aliphatic carbocycles. The van der Waals surface area contributed by atoms with Gasteiger partial charge in [0.25, 0.3) is 0 Å². The lowest BCUT2D eigenvalue weighted by Crippen LogP contribution is -2.37. The van der Waals surface area contributed by atoms with Gasteiger partial charge in [-0.1, -0.05) is 0 Å². The summed E-state index contributed by atoms with van der Waals surface area (Å²) < 4.78 is 0. The molecule has 6 heteroatoms. The van der Waals surface area contributed by atoms with Crippen LogP contribution in [0.1, 0.15) is 25.7 Å². The number of nitrogens with two attached hydrogens (primary N) is 1. The number of carbonyl (C=O) groups excluding carboxylic acids is 1. The molecule has 92 valence electrons. The Labute approximate surface area is 113 Å². The highest BCUT2D eigenvalue weighted by molar-refractivity contribution is 14.0. The van der Waals surface area contributed by atoms with Gasteiger partial charge >= 0.3 is 0 Å². The number of nitrogens with zero attached hydrogens (tertiary/aromatic N) is 2. The van der Waals surface area contributed by atoms with Crippen molar-refractivity contribution in [2.24, 2.45) is 10.7 Å². The molecule has 0 heterocycles. The van der Waals surface area contributed by atoms with Crippen LogP contribution in [0.4, 0.5) is 0 Å². The number of amides is 1. The molecule has 0 aromatic heterocycles. The van der Waals surface area contributed by atoms with E-state index in [0.29, 0.717) is 18.0 Å². The van der Waals surface area contributed by atoms with Gasteiger partial charge in [-0.25, -0.2) is 4.99 Å². The molecule has 2 saturated carbocycles. The van der Waals surface area contributed by atoms with Crippen LogP contribution in [-0.4, -0.2) is 42.4 Å². The maximum absolute atomic E-state index is 11.3. The van der Waals surface area contributed by atoms with Gasteiger partial charge in [-0.2, -0.15) is 0 Å². The van der Waals surface area contributed by atoms with Crippen molar-refractivity contribution in [3.05, 3.63) is 0 Å². The largest absolute Gasteiger partial charge is 0.370 e. The summed E-state index contributed by atoms with van der Waals surface area (Å²) in [6.07, 6.45) is 4.57. The van der Waals surface area contributed by atoms with Crippen molar-refractivity contribution < 1.29 is 4.79 Å². The average Bonchev–Trinajstić information content (AvgIpc) is 3.03. The highest BCUT2D eigenvalue weighted by Gasteiger charge is 2.27. The van der Waals surface area contributed by atoms with Crippen LogP contribution in [-0.2, 0) is 4.79 Å². The summed E-state index contributed by atoms with van der Waals surface area (Å²) in [7, 11) is 1.93. The number of nitrogens with one attached hydrogen (secondary N) is 1. The van der Waals surface area contributed by atoms with Gasteiger partial charge in [0, 0.05) is 19.1 Å². The van der Waals surface area contributed by atoms with Crippen LogP contribution in [0, 0.1) is 0 Å². The third kappa shape index (κ3) is 4.15. The molecule has 0 saturated heterocycles. The Balaban J connectivity index is 0.00000128. The first-order valence-corrected chi connectivity index (χ1v) is 5.49. The van der Waals surface area contributed by atoms with Crippen molar-refractivity contribution in [1.29, 1.82) is 0 Å². The van der Waals surface area contributed by atoms with E-state index >= 15 is 0 Å². The zero-order valence-corrected chi connectivity index (χ0v) is 11.8. The van der Waals surface area contributed by atoms with Crippen molar-refractivity contribution in [3.63, 3.8) is 0 Å². The number of guanidine groups is 1. The Morgan fingerprint density at radius 1 is 1.44 bits per heavy atom. The van der Waals surface area contributed by atoms with E-state index in [2.05, 4.69) is 10.3 Å². The summed E-state index contributed by atoms with van der Waals surface area (Å²) in [5.74, 6) is 0.452. The Hall–Kier alpha value is -0.530. The van der Waals surface area contributed by atoms with E-state index in [-0.39, 0.29) is 36.4 Å². The molecule has 0 bridgehead atoms. The normalized spacial score (nSPS) is 19.9. The van der Waals surface area contributed by atoms with E-state index in [1.54, 1.807) is 0 Å². The molecule has 2 rings (SSSR count). The number of halogens is 1. The predicted octanol–water partition coefficient (Wildman–Crippen LogP) is 0.292. The minimum absolute atomic E-state index is 0. The second-order valence-corrected chi connectivity index (χ2v) is 4.36. The first-order valence-electron chi connectivity index (χ1n) is 5.49. The number of aliphatic imine (C=N–C) groups is 1. The van der Waals surface area contributed by atoms with Crippen molar-refractivity contribution in [3.8, 4) is 0 Å². The lowest BCUT2D eigenvalue weighted by atomic mass is 10.5. The Bertz CT molecular complexity index is 287. The zero-order chi connectivity index (χ0) is 10.8. The molecule has 5 nitrogen and oxygen atoms in total. The highest BCUT2D eigenvalue weighted by Crippen LogP contribution is 2.24. The Morgan fingerprint density at radius 3 is 2.56 bits per heavy atom. The van der Waals surface area contributed by atoms with Crippen molar-refractivity contribution in [2.75, 3.05) is 13.6 Å². The third-order valence-electron chi connectivity index (χ3n) is 2.78. The van der Waals surface area contributed by atoms with Gasteiger partial charge in [-0.05, 0) is 25.7 Å². The molecule has 1 amide bonds. The smallest absolute Gasteiger partial charge is 0.242 e. The second kappa shape index (κ2) is 5.70. The van der Waals surface area contributed by atoms with Crippen LogP contribution >= 0.6 is 24.0 Å².